The van der Waals surface area contributed by atoms with Crippen molar-refractivity contribution in [2.24, 2.45) is 0 Å². The number of imide groups is 1. The third-order valence-corrected chi connectivity index (χ3v) is 2.41. The van der Waals surface area contributed by atoms with Gasteiger partial charge in [-0.2, -0.15) is 0 Å². The van der Waals surface area contributed by atoms with Crippen LogP contribution in [-0.4, -0.2) is 36.2 Å². The Kier molecular flexibility index (Phi) is 6.73. The second-order valence-corrected chi connectivity index (χ2v) is 4.31. The molecule has 1 rings (SSSR count). The lowest BCUT2D eigenvalue weighted by Crippen LogP contribution is -2.41. The maximum Gasteiger partial charge on any atom is 0.321 e. The van der Waals surface area contributed by atoms with Gasteiger partial charge in [0.1, 0.15) is 5.75 Å². The smallest absolute Gasteiger partial charge is 0.321 e. The largest absolute Gasteiger partial charge is 0.484 e. The lowest BCUT2D eigenvalue weighted by atomic mass is 10.1. The molecule has 7 nitrogen and oxygen atoms in total. The number of nitrogens with one attached hydrogen (secondary N) is 2. The Labute approximate surface area is 122 Å². The minimum Gasteiger partial charge on any atom is -0.484 e. The van der Waals surface area contributed by atoms with Crippen LogP contribution < -0.4 is 15.4 Å². The number of hydrogen-bond acceptors (Lipinski definition) is 4. The Balaban J connectivity index is 2.42. The number of carbonyl (C=O) groups excluding carboxylic acids is 2. The molecule has 0 atom stereocenters. The third kappa shape index (κ3) is 6.95. The standard InChI is InChI=1S/C14H18N2O5/c1-2-6-15-14(20)16-12(17)9-21-11-5-3-4-10(7-11)8-13(18)19/h3-5,7H,2,6,8-9H2,1H3,(H,18,19)(H2,15,16,17,20). The third-order valence-electron chi connectivity index (χ3n) is 2.41. The van der Waals surface area contributed by atoms with Crippen molar-refractivity contribution in [2.75, 3.05) is 13.2 Å². The normalized spacial score (nSPS) is 9.76. The van der Waals surface area contributed by atoms with Crippen LogP contribution in [0.2, 0.25) is 0 Å². The number of urea groups is 1. The van der Waals surface area contributed by atoms with Gasteiger partial charge in [-0.25, -0.2) is 4.79 Å². The summed E-state index contributed by atoms with van der Waals surface area (Å²) in [5.41, 5.74) is 0.570. The number of carboxylic acids is 1. The van der Waals surface area contributed by atoms with Gasteiger partial charge in [-0.3, -0.25) is 14.9 Å². The van der Waals surface area contributed by atoms with E-state index in [1.165, 1.54) is 0 Å². The molecular formula is C14H18N2O5. The van der Waals surface area contributed by atoms with Gasteiger partial charge in [0.15, 0.2) is 6.61 Å². The SMILES string of the molecule is CCCNC(=O)NC(=O)COc1cccc(CC(=O)O)c1. The van der Waals surface area contributed by atoms with Crippen LogP contribution >= 0.6 is 0 Å². The van der Waals surface area contributed by atoms with E-state index in [-0.39, 0.29) is 13.0 Å². The number of aliphatic carboxylic acids is 1. The highest BCUT2D eigenvalue weighted by Gasteiger charge is 2.08. The van der Waals surface area contributed by atoms with E-state index < -0.39 is 17.9 Å². The molecule has 3 amide bonds. The summed E-state index contributed by atoms with van der Waals surface area (Å²) in [5, 5.41) is 13.3. The molecular weight excluding hydrogens is 276 g/mol. The molecule has 0 aliphatic carbocycles. The summed E-state index contributed by atoms with van der Waals surface area (Å²) in [4.78, 5) is 33.3. The van der Waals surface area contributed by atoms with Gasteiger partial charge in [0, 0.05) is 6.54 Å². The topological polar surface area (TPSA) is 105 Å². The summed E-state index contributed by atoms with van der Waals surface area (Å²) in [6.45, 7) is 2.06. The lowest BCUT2D eigenvalue weighted by Gasteiger charge is -2.08. The van der Waals surface area contributed by atoms with Crippen LogP contribution in [0.25, 0.3) is 0 Å². The summed E-state index contributed by atoms with van der Waals surface area (Å²) < 4.78 is 5.21. The Morgan fingerprint density at radius 3 is 2.71 bits per heavy atom. The first-order chi connectivity index (χ1) is 10.0. The minimum absolute atomic E-state index is 0.122. The van der Waals surface area contributed by atoms with E-state index in [2.05, 4.69) is 10.6 Å². The Morgan fingerprint density at radius 2 is 2.05 bits per heavy atom. The summed E-state index contributed by atoms with van der Waals surface area (Å²) in [5.74, 6) is -1.15. The molecule has 0 aliphatic heterocycles. The van der Waals surface area contributed by atoms with Crippen LogP contribution in [0.3, 0.4) is 0 Å². The van der Waals surface area contributed by atoms with E-state index in [0.29, 0.717) is 17.9 Å². The van der Waals surface area contributed by atoms with Crippen LogP contribution in [0, 0.1) is 0 Å². The fourth-order valence-corrected chi connectivity index (χ4v) is 1.51. The summed E-state index contributed by atoms with van der Waals surface area (Å²) in [6.07, 6.45) is 0.650. The van der Waals surface area contributed by atoms with Gasteiger partial charge in [0.05, 0.1) is 6.42 Å². The van der Waals surface area contributed by atoms with Crippen LogP contribution in [0.5, 0.6) is 5.75 Å². The first-order valence-electron chi connectivity index (χ1n) is 6.52. The van der Waals surface area contributed by atoms with Gasteiger partial charge in [-0.1, -0.05) is 19.1 Å². The molecule has 0 fully saturated rings. The lowest BCUT2D eigenvalue weighted by molar-refractivity contribution is -0.136. The predicted octanol–water partition coefficient (Wildman–Crippen LogP) is 0.928. The molecule has 0 heterocycles. The molecule has 0 aliphatic rings. The maximum atomic E-state index is 11.5. The van der Waals surface area contributed by atoms with E-state index in [9.17, 15) is 14.4 Å². The molecule has 21 heavy (non-hydrogen) atoms. The van der Waals surface area contributed by atoms with Crippen LogP contribution in [0.4, 0.5) is 4.79 Å². The van der Waals surface area contributed by atoms with Crippen molar-refractivity contribution in [3.8, 4) is 5.75 Å². The van der Waals surface area contributed by atoms with Gasteiger partial charge in [-0.05, 0) is 24.1 Å². The fraction of sp³-hybridized carbons (Fsp3) is 0.357. The predicted molar refractivity (Wildman–Crippen MR) is 75.1 cm³/mol. The molecule has 0 spiro atoms. The highest BCUT2D eigenvalue weighted by molar-refractivity contribution is 5.94. The van der Waals surface area contributed by atoms with Crippen molar-refractivity contribution in [1.29, 1.82) is 0 Å². The van der Waals surface area contributed by atoms with Crippen LogP contribution in [-0.2, 0) is 16.0 Å². The molecule has 0 bridgehead atoms. The van der Waals surface area contributed by atoms with E-state index in [4.69, 9.17) is 9.84 Å². The number of benzene rings is 1. The summed E-state index contributed by atoms with van der Waals surface area (Å²) in [6, 6.07) is 5.87. The quantitative estimate of drug-likeness (QED) is 0.694. The second kappa shape index (κ2) is 8.57. The zero-order valence-corrected chi connectivity index (χ0v) is 11.7. The number of carbonyl (C=O) groups is 3. The Morgan fingerprint density at radius 1 is 1.29 bits per heavy atom. The zero-order valence-electron chi connectivity index (χ0n) is 11.7. The highest BCUT2D eigenvalue weighted by Crippen LogP contribution is 2.13. The molecule has 0 aromatic heterocycles. The fourth-order valence-electron chi connectivity index (χ4n) is 1.51. The van der Waals surface area contributed by atoms with Crippen molar-refractivity contribution in [1.82, 2.24) is 10.6 Å². The highest BCUT2D eigenvalue weighted by atomic mass is 16.5. The molecule has 0 unspecified atom stereocenters. The number of amides is 3. The van der Waals surface area contributed by atoms with Crippen LogP contribution in [0.15, 0.2) is 24.3 Å². The van der Waals surface area contributed by atoms with E-state index in [1.807, 2.05) is 6.92 Å². The number of rotatable bonds is 7. The average molecular weight is 294 g/mol. The molecule has 1 aromatic carbocycles. The van der Waals surface area contributed by atoms with E-state index in [0.717, 1.165) is 6.42 Å². The van der Waals surface area contributed by atoms with Gasteiger partial charge in [0.2, 0.25) is 0 Å². The number of carboxylic acid groups (broad SMARTS) is 1. The molecule has 0 saturated heterocycles. The van der Waals surface area contributed by atoms with Crippen molar-refractivity contribution in [3.05, 3.63) is 29.8 Å². The molecule has 7 heteroatoms. The van der Waals surface area contributed by atoms with Crippen molar-refractivity contribution < 1.29 is 24.2 Å². The Hall–Kier alpha value is -2.57. The summed E-state index contributed by atoms with van der Waals surface area (Å²) in [7, 11) is 0. The van der Waals surface area contributed by atoms with E-state index >= 15 is 0 Å². The monoisotopic (exact) mass is 294 g/mol. The van der Waals surface area contributed by atoms with Gasteiger partial charge in [0.25, 0.3) is 5.91 Å². The first kappa shape index (κ1) is 16.5. The van der Waals surface area contributed by atoms with Gasteiger partial charge in [-0.15, -0.1) is 0 Å². The molecule has 0 radical (unpaired) electrons. The molecule has 3 N–H and O–H groups in total. The Bertz CT molecular complexity index is 516. The second-order valence-electron chi connectivity index (χ2n) is 4.31. The van der Waals surface area contributed by atoms with Crippen molar-refractivity contribution in [3.63, 3.8) is 0 Å². The van der Waals surface area contributed by atoms with Gasteiger partial charge >= 0.3 is 12.0 Å². The van der Waals surface area contributed by atoms with Crippen molar-refractivity contribution >= 4 is 17.9 Å². The molecule has 1 aromatic rings. The minimum atomic E-state index is -0.947. The van der Waals surface area contributed by atoms with Crippen LogP contribution in [0.1, 0.15) is 18.9 Å². The first-order valence-corrected chi connectivity index (χ1v) is 6.52. The molecule has 114 valence electrons. The van der Waals surface area contributed by atoms with Gasteiger partial charge < -0.3 is 15.2 Å². The van der Waals surface area contributed by atoms with E-state index in [1.54, 1.807) is 24.3 Å². The number of ether oxygens (including phenoxy) is 1. The zero-order chi connectivity index (χ0) is 15.7. The summed E-state index contributed by atoms with van der Waals surface area (Å²) >= 11 is 0. The maximum absolute atomic E-state index is 11.5. The van der Waals surface area contributed by atoms with Crippen molar-refractivity contribution in [2.45, 2.75) is 19.8 Å². The average Bonchev–Trinajstić information content (AvgIpc) is 2.42. The molecule has 0 saturated carbocycles. The number of hydrogen-bond donors (Lipinski definition) is 3.